The Hall–Kier alpha value is -2.06. The molecule has 2 N–H and O–H groups in total. The number of carbonyl (C=O) groups is 1. The minimum atomic E-state index is -4.54. The highest BCUT2D eigenvalue weighted by Crippen LogP contribution is 2.53. The molecule has 1 atom stereocenters. The van der Waals surface area contributed by atoms with E-state index in [0.29, 0.717) is 45.1 Å². The van der Waals surface area contributed by atoms with Gasteiger partial charge in [0, 0.05) is 24.2 Å². The van der Waals surface area contributed by atoms with E-state index in [1.165, 1.54) is 0 Å². The SMILES string of the molecule is C[C@H]1CCN1c1nc(NC23CCC(C(=O)O)(CC2)CC3)cc(C(F)(F)F)n1. The zero-order chi connectivity index (χ0) is 19.4. The summed E-state index contributed by atoms with van der Waals surface area (Å²) in [6.45, 7) is 2.58. The van der Waals surface area contributed by atoms with E-state index in [1.54, 1.807) is 4.90 Å². The van der Waals surface area contributed by atoms with Gasteiger partial charge in [-0.05, 0) is 51.9 Å². The van der Waals surface area contributed by atoms with Crippen LogP contribution in [0.5, 0.6) is 0 Å². The second kappa shape index (κ2) is 5.97. The lowest BCUT2D eigenvalue weighted by atomic mass is 9.57. The lowest BCUT2D eigenvalue weighted by molar-refractivity contribution is -0.155. The van der Waals surface area contributed by atoms with Crippen molar-refractivity contribution in [2.45, 2.75) is 69.6 Å². The molecule has 0 amide bonds. The number of anilines is 2. The fraction of sp³-hybridized carbons (Fsp3) is 0.722. The molecule has 4 fully saturated rings. The van der Waals surface area contributed by atoms with Crippen LogP contribution in [0.15, 0.2) is 6.07 Å². The molecule has 27 heavy (non-hydrogen) atoms. The molecule has 1 aromatic rings. The average molecular weight is 384 g/mol. The van der Waals surface area contributed by atoms with Crippen molar-refractivity contribution in [2.75, 3.05) is 16.8 Å². The number of aromatic nitrogens is 2. The van der Waals surface area contributed by atoms with Crippen LogP contribution in [-0.4, -0.2) is 39.2 Å². The van der Waals surface area contributed by atoms with Crippen molar-refractivity contribution in [1.82, 2.24) is 9.97 Å². The Bertz CT molecular complexity index is 743. The summed E-state index contributed by atoms with van der Waals surface area (Å²) in [5, 5.41) is 12.7. The van der Waals surface area contributed by atoms with E-state index in [1.807, 2.05) is 6.92 Å². The van der Waals surface area contributed by atoms with Gasteiger partial charge < -0.3 is 15.3 Å². The molecule has 0 spiro atoms. The van der Waals surface area contributed by atoms with Crippen molar-refractivity contribution < 1.29 is 23.1 Å². The van der Waals surface area contributed by atoms with Crippen molar-refractivity contribution in [2.24, 2.45) is 5.41 Å². The Kier molecular flexibility index (Phi) is 4.05. The maximum Gasteiger partial charge on any atom is 0.433 e. The summed E-state index contributed by atoms with van der Waals surface area (Å²) >= 11 is 0. The van der Waals surface area contributed by atoms with Gasteiger partial charge in [0.05, 0.1) is 5.41 Å². The summed E-state index contributed by atoms with van der Waals surface area (Å²) < 4.78 is 40.0. The van der Waals surface area contributed by atoms with Crippen molar-refractivity contribution in [3.05, 3.63) is 11.8 Å². The fourth-order valence-corrected chi connectivity index (χ4v) is 4.55. The summed E-state index contributed by atoms with van der Waals surface area (Å²) in [6, 6.07) is 1.09. The number of nitrogens with zero attached hydrogens (tertiary/aromatic N) is 3. The Balaban J connectivity index is 1.60. The van der Waals surface area contributed by atoms with Crippen LogP contribution in [0.1, 0.15) is 57.6 Å². The first-order valence-corrected chi connectivity index (χ1v) is 9.37. The standard InChI is InChI=1S/C18H23F3N4O2/c1-11-2-9-25(11)15-22-12(18(19,20)21)10-13(23-15)24-17-6-3-16(4-7-17,5-8-17)14(26)27/h10-11H,2-9H2,1H3,(H,26,27)(H,22,23,24)/t11-,16?,17?/m0/s1. The van der Waals surface area contributed by atoms with Crippen LogP contribution >= 0.6 is 0 Å². The Morgan fingerprint density at radius 2 is 1.85 bits per heavy atom. The van der Waals surface area contributed by atoms with Crippen molar-refractivity contribution in [3.63, 3.8) is 0 Å². The molecule has 1 aliphatic heterocycles. The number of aliphatic carboxylic acids is 1. The molecule has 6 nitrogen and oxygen atoms in total. The van der Waals surface area contributed by atoms with E-state index in [-0.39, 0.29) is 23.3 Å². The van der Waals surface area contributed by atoms with Gasteiger partial charge in [-0.3, -0.25) is 4.79 Å². The predicted octanol–water partition coefficient (Wildman–Crippen LogP) is 3.68. The normalized spacial score (nSPS) is 32.9. The quantitative estimate of drug-likeness (QED) is 0.825. The largest absolute Gasteiger partial charge is 0.481 e. The van der Waals surface area contributed by atoms with Gasteiger partial charge in [0.15, 0.2) is 5.69 Å². The summed E-state index contributed by atoms with van der Waals surface area (Å²) in [7, 11) is 0. The average Bonchev–Trinajstić information content (AvgIpc) is 2.60. The first kappa shape index (κ1) is 18.3. The van der Waals surface area contributed by atoms with E-state index in [4.69, 9.17) is 0 Å². The zero-order valence-electron chi connectivity index (χ0n) is 15.1. The monoisotopic (exact) mass is 384 g/mol. The third-order valence-corrected chi connectivity index (χ3v) is 6.67. The maximum absolute atomic E-state index is 13.3. The van der Waals surface area contributed by atoms with Crippen LogP contribution in [-0.2, 0) is 11.0 Å². The molecule has 3 saturated carbocycles. The molecule has 1 aromatic heterocycles. The molecule has 0 unspecified atom stereocenters. The molecule has 2 heterocycles. The predicted molar refractivity (Wildman–Crippen MR) is 92.6 cm³/mol. The molecule has 5 rings (SSSR count). The number of rotatable bonds is 4. The van der Waals surface area contributed by atoms with Gasteiger partial charge in [0.2, 0.25) is 5.95 Å². The molecule has 2 bridgehead atoms. The van der Waals surface area contributed by atoms with Crippen LogP contribution < -0.4 is 10.2 Å². The first-order chi connectivity index (χ1) is 12.6. The van der Waals surface area contributed by atoms with E-state index in [9.17, 15) is 23.1 Å². The van der Waals surface area contributed by atoms with Crippen LogP contribution in [0.25, 0.3) is 0 Å². The summed E-state index contributed by atoms with van der Waals surface area (Å²) in [6.07, 6.45) is -0.130. The minimum Gasteiger partial charge on any atom is -0.481 e. The van der Waals surface area contributed by atoms with Crippen molar-refractivity contribution >= 4 is 17.7 Å². The van der Waals surface area contributed by atoms with E-state index < -0.39 is 23.3 Å². The number of nitrogens with one attached hydrogen (secondary N) is 1. The summed E-state index contributed by atoms with van der Waals surface area (Å²) in [5.41, 5.74) is -1.99. The highest BCUT2D eigenvalue weighted by Gasteiger charge is 2.53. The third kappa shape index (κ3) is 3.10. The van der Waals surface area contributed by atoms with Crippen LogP contribution in [0, 0.1) is 5.41 Å². The van der Waals surface area contributed by atoms with Gasteiger partial charge in [-0.15, -0.1) is 0 Å². The van der Waals surface area contributed by atoms with Gasteiger partial charge in [-0.1, -0.05) is 0 Å². The molecule has 0 aromatic carbocycles. The number of carboxylic acid groups (broad SMARTS) is 1. The Labute approximate surface area is 155 Å². The molecule has 3 aliphatic carbocycles. The van der Waals surface area contributed by atoms with Crippen LogP contribution in [0.4, 0.5) is 24.9 Å². The van der Waals surface area contributed by atoms with E-state index in [2.05, 4.69) is 15.3 Å². The first-order valence-electron chi connectivity index (χ1n) is 9.37. The Morgan fingerprint density at radius 1 is 1.22 bits per heavy atom. The summed E-state index contributed by atoms with van der Waals surface area (Å²) in [5.74, 6) is -0.476. The lowest BCUT2D eigenvalue weighted by Gasteiger charge is -2.51. The van der Waals surface area contributed by atoms with Crippen LogP contribution in [0.2, 0.25) is 0 Å². The fourth-order valence-electron chi connectivity index (χ4n) is 4.55. The molecular weight excluding hydrogens is 361 g/mol. The van der Waals surface area contributed by atoms with Crippen molar-refractivity contribution in [3.8, 4) is 0 Å². The molecule has 148 valence electrons. The van der Waals surface area contributed by atoms with Gasteiger partial charge in [0.1, 0.15) is 5.82 Å². The topological polar surface area (TPSA) is 78.4 Å². The number of hydrogen-bond donors (Lipinski definition) is 2. The molecule has 9 heteroatoms. The van der Waals surface area contributed by atoms with Gasteiger partial charge in [-0.25, -0.2) is 4.98 Å². The number of alkyl halides is 3. The smallest absolute Gasteiger partial charge is 0.433 e. The summed E-state index contributed by atoms with van der Waals surface area (Å²) in [4.78, 5) is 21.4. The van der Waals surface area contributed by atoms with E-state index in [0.717, 1.165) is 12.5 Å². The van der Waals surface area contributed by atoms with Gasteiger partial charge >= 0.3 is 12.1 Å². The molecule has 4 aliphatic rings. The second-order valence-corrected chi connectivity index (χ2v) is 8.26. The van der Waals surface area contributed by atoms with Crippen LogP contribution in [0.3, 0.4) is 0 Å². The molecule has 1 saturated heterocycles. The second-order valence-electron chi connectivity index (χ2n) is 8.26. The Morgan fingerprint density at radius 3 is 2.30 bits per heavy atom. The highest BCUT2D eigenvalue weighted by molar-refractivity contribution is 5.75. The van der Waals surface area contributed by atoms with Gasteiger partial charge in [0.25, 0.3) is 0 Å². The van der Waals surface area contributed by atoms with Crippen molar-refractivity contribution in [1.29, 1.82) is 0 Å². The molecular formula is C18H23F3N4O2. The third-order valence-electron chi connectivity index (χ3n) is 6.67. The number of hydrogen-bond acceptors (Lipinski definition) is 5. The zero-order valence-corrected chi connectivity index (χ0v) is 15.1. The number of halogens is 3. The number of fused-ring (bicyclic) bond motifs is 3. The highest BCUT2D eigenvalue weighted by atomic mass is 19.4. The minimum absolute atomic E-state index is 0.106. The maximum atomic E-state index is 13.3. The molecule has 0 radical (unpaired) electrons. The lowest BCUT2D eigenvalue weighted by Crippen LogP contribution is -2.53. The van der Waals surface area contributed by atoms with Gasteiger partial charge in [-0.2, -0.15) is 18.2 Å². The van der Waals surface area contributed by atoms with E-state index >= 15 is 0 Å². The number of carboxylic acids is 1.